The third-order valence-electron chi connectivity index (χ3n) is 2.40. The molecule has 1 N–H and O–H groups in total. The van der Waals surface area contributed by atoms with Gasteiger partial charge < -0.3 is 9.84 Å². The molecule has 1 aromatic rings. The second-order valence-corrected chi connectivity index (χ2v) is 4.67. The number of halogens is 1. The van der Waals surface area contributed by atoms with Crippen LogP contribution in [0.2, 0.25) is 5.02 Å². The van der Waals surface area contributed by atoms with Crippen molar-refractivity contribution in [2.45, 2.75) is 33.3 Å². The molecule has 0 saturated heterocycles. The molecular weight excluding hydrogens is 212 g/mol. The van der Waals surface area contributed by atoms with E-state index < -0.39 is 5.60 Å². The fourth-order valence-electron chi connectivity index (χ4n) is 1.76. The Bertz CT molecular complexity index is 378. The van der Waals surface area contributed by atoms with Gasteiger partial charge in [0, 0.05) is 5.56 Å². The number of aliphatic hydroxyl groups is 1. The molecule has 0 aliphatic heterocycles. The predicted molar refractivity (Wildman–Crippen MR) is 62.7 cm³/mol. The van der Waals surface area contributed by atoms with E-state index in [-0.39, 0.29) is 0 Å². The summed E-state index contributed by atoms with van der Waals surface area (Å²) in [5.74, 6) is 0.665. The third kappa shape index (κ3) is 2.27. The van der Waals surface area contributed by atoms with E-state index in [1.54, 1.807) is 21.0 Å². The number of benzene rings is 1. The average Bonchev–Trinajstić information content (AvgIpc) is 2.08. The van der Waals surface area contributed by atoms with Crippen LogP contribution in [0.25, 0.3) is 0 Å². The first kappa shape index (κ1) is 12.3. The van der Waals surface area contributed by atoms with Crippen molar-refractivity contribution >= 4 is 11.6 Å². The van der Waals surface area contributed by atoms with E-state index in [4.69, 9.17) is 16.3 Å². The minimum atomic E-state index is -1.00. The van der Waals surface area contributed by atoms with Gasteiger partial charge in [0.2, 0.25) is 0 Å². The molecule has 0 heterocycles. The van der Waals surface area contributed by atoms with Gasteiger partial charge in [-0.15, -0.1) is 0 Å². The molecule has 0 amide bonds. The summed E-state index contributed by atoms with van der Waals surface area (Å²) in [6.45, 7) is 7.27. The lowest BCUT2D eigenvalue weighted by Crippen LogP contribution is -2.18. The summed E-state index contributed by atoms with van der Waals surface area (Å²) in [5.41, 5.74) is 1.59. The van der Waals surface area contributed by atoms with Crippen molar-refractivity contribution in [1.82, 2.24) is 0 Å². The van der Waals surface area contributed by atoms with Crippen LogP contribution < -0.4 is 4.74 Å². The minimum Gasteiger partial charge on any atom is -0.496 e. The summed E-state index contributed by atoms with van der Waals surface area (Å²) in [6.07, 6.45) is 0. The summed E-state index contributed by atoms with van der Waals surface area (Å²) < 4.78 is 5.29. The Labute approximate surface area is 95.8 Å². The lowest BCUT2D eigenvalue weighted by molar-refractivity contribution is 0.0756. The zero-order chi connectivity index (χ0) is 11.8. The summed E-state index contributed by atoms with van der Waals surface area (Å²) in [5, 5.41) is 10.6. The van der Waals surface area contributed by atoms with Gasteiger partial charge in [0.15, 0.2) is 0 Å². The fraction of sp³-hybridized carbons (Fsp3) is 0.500. The average molecular weight is 229 g/mol. The van der Waals surface area contributed by atoms with Gasteiger partial charge in [0.25, 0.3) is 0 Å². The maximum atomic E-state index is 10.1. The van der Waals surface area contributed by atoms with Crippen LogP contribution in [0.4, 0.5) is 0 Å². The van der Waals surface area contributed by atoms with Crippen LogP contribution in [-0.2, 0) is 5.60 Å². The van der Waals surface area contributed by atoms with E-state index in [0.29, 0.717) is 16.3 Å². The molecule has 0 atom stereocenters. The summed E-state index contributed by atoms with van der Waals surface area (Å²) in [7, 11) is 1.59. The first-order valence-electron chi connectivity index (χ1n) is 4.85. The number of ether oxygens (including phenoxy) is 1. The van der Waals surface area contributed by atoms with Gasteiger partial charge in [-0.3, -0.25) is 0 Å². The molecule has 2 nitrogen and oxygen atoms in total. The largest absolute Gasteiger partial charge is 0.496 e. The van der Waals surface area contributed by atoms with Crippen LogP contribution in [0.5, 0.6) is 5.75 Å². The topological polar surface area (TPSA) is 29.5 Å². The van der Waals surface area contributed by atoms with Gasteiger partial charge in [0.05, 0.1) is 17.7 Å². The van der Waals surface area contributed by atoms with Gasteiger partial charge in [-0.05, 0) is 38.8 Å². The van der Waals surface area contributed by atoms with Crippen molar-refractivity contribution in [3.05, 3.63) is 27.8 Å². The predicted octanol–water partition coefficient (Wildman–Crippen LogP) is 3.19. The highest BCUT2D eigenvalue weighted by Crippen LogP contribution is 2.39. The van der Waals surface area contributed by atoms with Crippen LogP contribution in [0.1, 0.15) is 30.5 Å². The molecule has 0 fully saturated rings. The Kier molecular flexibility index (Phi) is 3.31. The molecule has 3 heteroatoms. The third-order valence-corrected chi connectivity index (χ3v) is 2.89. The quantitative estimate of drug-likeness (QED) is 0.843. The van der Waals surface area contributed by atoms with E-state index in [9.17, 15) is 5.11 Å². The number of methoxy groups -OCH3 is 1. The van der Waals surface area contributed by atoms with Crippen molar-refractivity contribution < 1.29 is 9.84 Å². The molecule has 15 heavy (non-hydrogen) atoms. The van der Waals surface area contributed by atoms with E-state index >= 15 is 0 Å². The standard InChI is InChI=1S/C12H17ClO2/c1-7-6-8(2)11(15-5)9(10(7)13)12(3,4)14/h6,14H,1-5H3. The van der Waals surface area contributed by atoms with Crippen molar-refractivity contribution in [3.63, 3.8) is 0 Å². The molecule has 0 aliphatic carbocycles. The number of hydrogen-bond acceptors (Lipinski definition) is 2. The number of rotatable bonds is 2. The maximum Gasteiger partial charge on any atom is 0.129 e. The highest BCUT2D eigenvalue weighted by molar-refractivity contribution is 6.32. The smallest absolute Gasteiger partial charge is 0.129 e. The van der Waals surface area contributed by atoms with Crippen LogP contribution in [0.3, 0.4) is 0 Å². The van der Waals surface area contributed by atoms with E-state index in [1.165, 1.54) is 0 Å². The van der Waals surface area contributed by atoms with Crippen LogP contribution in [0.15, 0.2) is 6.07 Å². The van der Waals surface area contributed by atoms with Crippen molar-refractivity contribution in [2.75, 3.05) is 7.11 Å². The SMILES string of the molecule is COc1c(C)cc(C)c(Cl)c1C(C)(C)O. The van der Waals surface area contributed by atoms with Crippen LogP contribution >= 0.6 is 11.6 Å². The van der Waals surface area contributed by atoms with Gasteiger partial charge in [-0.2, -0.15) is 0 Å². The molecule has 0 spiro atoms. The highest BCUT2D eigenvalue weighted by atomic mass is 35.5. The van der Waals surface area contributed by atoms with Crippen molar-refractivity contribution in [2.24, 2.45) is 0 Å². The van der Waals surface area contributed by atoms with E-state index in [2.05, 4.69) is 0 Å². The number of hydrogen-bond donors (Lipinski definition) is 1. The molecule has 0 bridgehead atoms. The Morgan fingerprint density at radius 1 is 1.27 bits per heavy atom. The Morgan fingerprint density at radius 3 is 2.20 bits per heavy atom. The van der Waals surface area contributed by atoms with E-state index in [1.807, 2.05) is 19.9 Å². The highest BCUT2D eigenvalue weighted by Gasteiger charge is 2.26. The van der Waals surface area contributed by atoms with Gasteiger partial charge >= 0.3 is 0 Å². The van der Waals surface area contributed by atoms with Crippen LogP contribution in [-0.4, -0.2) is 12.2 Å². The molecular formula is C12H17ClO2. The van der Waals surface area contributed by atoms with Crippen LogP contribution in [0, 0.1) is 13.8 Å². The first-order chi connectivity index (χ1) is 6.79. The zero-order valence-electron chi connectivity index (χ0n) is 9.81. The van der Waals surface area contributed by atoms with Crippen molar-refractivity contribution in [1.29, 1.82) is 0 Å². The monoisotopic (exact) mass is 228 g/mol. The second-order valence-electron chi connectivity index (χ2n) is 4.29. The Morgan fingerprint density at radius 2 is 1.80 bits per heavy atom. The molecule has 84 valence electrons. The number of aryl methyl sites for hydroxylation is 2. The molecule has 1 rings (SSSR count). The zero-order valence-corrected chi connectivity index (χ0v) is 10.6. The Hall–Kier alpha value is -0.730. The normalized spacial score (nSPS) is 11.7. The summed E-state index contributed by atoms with van der Waals surface area (Å²) in [6, 6.07) is 1.95. The fourth-order valence-corrected chi connectivity index (χ4v) is 2.13. The molecule has 1 aromatic carbocycles. The van der Waals surface area contributed by atoms with E-state index in [0.717, 1.165) is 11.1 Å². The summed E-state index contributed by atoms with van der Waals surface area (Å²) >= 11 is 6.19. The lowest BCUT2D eigenvalue weighted by atomic mass is 9.93. The van der Waals surface area contributed by atoms with Gasteiger partial charge in [-0.1, -0.05) is 17.7 Å². The minimum absolute atomic E-state index is 0.574. The van der Waals surface area contributed by atoms with Gasteiger partial charge in [0.1, 0.15) is 5.75 Å². The van der Waals surface area contributed by atoms with Gasteiger partial charge in [-0.25, -0.2) is 0 Å². The molecule has 0 radical (unpaired) electrons. The molecule has 0 aliphatic rings. The molecule has 0 saturated carbocycles. The second kappa shape index (κ2) is 4.03. The molecule has 0 aromatic heterocycles. The Balaban J connectivity index is 3.59. The van der Waals surface area contributed by atoms with Crippen molar-refractivity contribution in [3.8, 4) is 5.75 Å². The summed E-state index contributed by atoms with van der Waals surface area (Å²) in [4.78, 5) is 0. The first-order valence-corrected chi connectivity index (χ1v) is 5.23. The lowest BCUT2D eigenvalue weighted by Gasteiger charge is -2.24. The maximum absolute atomic E-state index is 10.1. The molecule has 0 unspecified atom stereocenters.